The van der Waals surface area contributed by atoms with Gasteiger partial charge in [-0.25, -0.2) is 14.3 Å². The van der Waals surface area contributed by atoms with Crippen LogP contribution in [0.25, 0.3) is 10.5 Å². The van der Waals surface area contributed by atoms with Gasteiger partial charge in [0.05, 0.1) is 12.3 Å². The normalized spacial score (nSPS) is 12.1. The van der Waals surface area contributed by atoms with Gasteiger partial charge >= 0.3 is 0 Å². The molecule has 0 aliphatic heterocycles. The summed E-state index contributed by atoms with van der Waals surface area (Å²) in [7, 11) is 0. The van der Waals surface area contributed by atoms with E-state index in [1.807, 2.05) is 45.9 Å². The fourth-order valence-electron chi connectivity index (χ4n) is 2.79. The van der Waals surface area contributed by atoms with Crippen LogP contribution in [0.15, 0.2) is 18.2 Å². The molecule has 0 aliphatic carbocycles. The van der Waals surface area contributed by atoms with Crippen molar-refractivity contribution in [2.24, 2.45) is 0 Å². The maximum absolute atomic E-state index is 7.47. The summed E-state index contributed by atoms with van der Waals surface area (Å²) in [6, 6.07) is 6.01. The Labute approximate surface area is 146 Å². The molecule has 0 amide bonds. The van der Waals surface area contributed by atoms with Gasteiger partial charge in [0.25, 0.3) is 5.69 Å². The van der Waals surface area contributed by atoms with Crippen LogP contribution in [0.1, 0.15) is 29.6 Å². The molecule has 1 unspecified atom stereocenters. The van der Waals surface area contributed by atoms with Gasteiger partial charge in [0, 0.05) is 29.4 Å². The average Bonchev–Trinajstić information content (AvgIpc) is 2.83. The Morgan fingerprint density at radius 3 is 2.72 bits per heavy atom. The van der Waals surface area contributed by atoms with Gasteiger partial charge in [-0.3, -0.25) is 4.98 Å². The lowest BCUT2D eigenvalue weighted by Crippen LogP contribution is -2.20. The van der Waals surface area contributed by atoms with Crippen molar-refractivity contribution in [3.05, 3.63) is 52.3 Å². The molecule has 128 valence electrons. The zero-order chi connectivity index (χ0) is 18.1. The van der Waals surface area contributed by atoms with Crippen molar-refractivity contribution in [1.82, 2.24) is 19.6 Å². The third kappa shape index (κ3) is 3.11. The highest BCUT2D eigenvalue weighted by atomic mass is 15.3. The Balaban J connectivity index is 1.95. The van der Waals surface area contributed by atoms with E-state index in [0.717, 1.165) is 29.1 Å². The number of pyridine rings is 1. The van der Waals surface area contributed by atoms with Gasteiger partial charge in [-0.15, -0.1) is 0 Å². The summed E-state index contributed by atoms with van der Waals surface area (Å²) in [5.74, 6) is 0.794. The molecule has 7 heteroatoms. The van der Waals surface area contributed by atoms with Gasteiger partial charge in [0.2, 0.25) is 0 Å². The number of rotatable bonds is 4. The van der Waals surface area contributed by atoms with E-state index in [0.29, 0.717) is 23.0 Å². The van der Waals surface area contributed by atoms with Gasteiger partial charge < -0.3 is 11.1 Å². The van der Waals surface area contributed by atoms with E-state index in [9.17, 15) is 0 Å². The molecule has 3 rings (SSSR count). The molecule has 0 aromatic carbocycles. The molecule has 0 saturated heterocycles. The van der Waals surface area contributed by atoms with Gasteiger partial charge in [0.15, 0.2) is 5.65 Å². The van der Waals surface area contributed by atoms with E-state index in [1.165, 1.54) is 4.52 Å². The van der Waals surface area contributed by atoms with Crippen LogP contribution >= 0.6 is 0 Å². The zero-order valence-corrected chi connectivity index (χ0v) is 14.8. The third-order valence-electron chi connectivity index (χ3n) is 4.20. The fraction of sp³-hybridized carbons (Fsp3) is 0.333. The molecule has 25 heavy (non-hydrogen) atoms. The van der Waals surface area contributed by atoms with Crippen LogP contribution in [0.5, 0.6) is 0 Å². The first-order chi connectivity index (χ1) is 11.9. The Morgan fingerprint density at radius 1 is 1.28 bits per heavy atom. The number of nitrogens with zero attached hydrogens (tertiary/aromatic N) is 5. The number of nitrogens with two attached hydrogens (primary N) is 1. The maximum atomic E-state index is 7.47. The second-order valence-corrected chi connectivity index (χ2v) is 6.27. The van der Waals surface area contributed by atoms with Crippen LogP contribution < -0.4 is 11.1 Å². The summed E-state index contributed by atoms with van der Waals surface area (Å²) in [6.07, 6.45) is 0.725. The molecule has 0 fully saturated rings. The largest absolute Gasteiger partial charge is 0.392 e. The Kier molecular flexibility index (Phi) is 4.28. The van der Waals surface area contributed by atoms with E-state index >= 15 is 0 Å². The molecule has 0 bridgehead atoms. The Hall–Kier alpha value is -3.14. The van der Waals surface area contributed by atoms with Gasteiger partial charge in [-0.05, 0) is 39.8 Å². The van der Waals surface area contributed by atoms with E-state index in [-0.39, 0.29) is 6.04 Å². The number of nitrogen functional groups attached to an aromatic ring is 1. The first kappa shape index (κ1) is 16.7. The molecule has 3 N–H and O–H groups in total. The minimum Gasteiger partial charge on any atom is -0.392 e. The maximum Gasteiger partial charge on any atom is 0.268 e. The minimum absolute atomic E-state index is 0.0495. The van der Waals surface area contributed by atoms with Crippen molar-refractivity contribution in [2.75, 3.05) is 11.1 Å². The zero-order valence-electron chi connectivity index (χ0n) is 14.8. The first-order valence-corrected chi connectivity index (χ1v) is 8.12. The van der Waals surface area contributed by atoms with Gasteiger partial charge in [-0.2, -0.15) is 5.10 Å². The molecule has 0 radical (unpaired) electrons. The van der Waals surface area contributed by atoms with Crippen molar-refractivity contribution in [2.45, 2.75) is 40.2 Å². The molecule has 0 saturated carbocycles. The van der Waals surface area contributed by atoms with Crippen LogP contribution in [-0.2, 0) is 6.42 Å². The highest BCUT2D eigenvalue weighted by Gasteiger charge is 2.18. The smallest absolute Gasteiger partial charge is 0.268 e. The van der Waals surface area contributed by atoms with E-state index in [4.69, 9.17) is 12.3 Å². The second kappa shape index (κ2) is 6.40. The number of aryl methyl sites for hydroxylation is 3. The predicted octanol–water partition coefficient (Wildman–Crippen LogP) is 3.23. The molecule has 1 atom stereocenters. The van der Waals surface area contributed by atoms with E-state index in [2.05, 4.69) is 25.2 Å². The van der Waals surface area contributed by atoms with E-state index in [1.54, 1.807) is 0 Å². The number of fused-ring (bicyclic) bond motifs is 1. The topological polar surface area (TPSA) is 85.5 Å². The van der Waals surface area contributed by atoms with Crippen LogP contribution in [0.2, 0.25) is 0 Å². The van der Waals surface area contributed by atoms with Crippen LogP contribution in [0.3, 0.4) is 0 Å². The molecule has 0 spiro atoms. The van der Waals surface area contributed by atoms with Crippen molar-refractivity contribution in [3.8, 4) is 0 Å². The molecule has 3 aromatic heterocycles. The lowest BCUT2D eigenvalue weighted by atomic mass is 10.1. The summed E-state index contributed by atoms with van der Waals surface area (Å²) in [4.78, 5) is 12.7. The molecule has 7 nitrogen and oxygen atoms in total. The number of nitrogens with one attached hydrogen (secondary N) is 1. The Bertz CT molecular complexity index is 981. The number of hydrogen-bond acceptors (Lipinski definition) is 5. The summed E-state index contributed by atoms with van der Waals surface area (Å²) >= 11 is 0. The molecule has 3 heterocycles. The van der Waals surface area contributed by atoms with Gasteiger partial charge in [-0.1, -0.05) is 6.07 Å². The summed E-state index contributed by atoms with van der Waals surface area (Å²) < 4.78 is 1.54. The number of hydrogen-bond donors (Lipinski definition) is 2. The van der Waals surface area contributed by atoms with Crippen LogP contribution in [-0.4, -0.2) is 25.6 Å². The summed E-state index contributed by atoms with van der Waals surface area (Å²) in [5.41, 5.74) is 10.9. The van der Waals surface area contributed by atoms with Crippen molar-refractivity contribution in [3.63, 3.8) is 0 Å². The molecular formula is C18H21N7. The molecular weight excluding hydrogens is 314 g/mol. The fourth-order valence-corrected chi connectivity index (χ4v) is 2.79. The number of anilines is 2. The standard InChI is InChI=1S/C18H21N7/c1-10-7-6-8-14(21-10)9-11(2)22-17-15(20-5)16(19)25-18(23-17)12(3)13(4)24-25/h6-8,11H,9,19H2,1-4H3,(H,22,23). The molecule has 3 aromatic rings. The monoisotopic (exact) mass is 335 g/mol. The van der Waals surface area contributed by atoms with Gasteiger partial charge in [0.1, 0.15) is 11.6 Å². The van der Waals surface area contributed by atoms with Crippen LogP contribution in [0.4, 0.5) is 17.3 Å². The first-order valence-electron chi connectivity index (χ1n) is 8.12. The third-order valence-corrected chi connectivity index (χ3v) is 4.20. The van der Waals surface area contributed by atoms with Crippen molar-refractivity contribution < 1.29 is 0 Å². The Morgan fingerprint density at radius 2 is 2.04 bits per heavy atom. The summed E-state index contributed by atoms with van der Waals surface area (Å²) in [6.45, 7) is 15.3. The van der Waals surface area contributed by atoms with Crippen LogP contribution in [0, 0.1) is 27.3 Å². The SMILES string of the molecule is [C-]#[N+]c1c(NC(C)Cc2cccc(C)n2)nc2c(C)c(C)nn2c1N. The highest BCUT2D eigenvalue weighted by Crippen LogP contribution is 2.32. The lowest BCUT2D eigenvalue weighted by molar-refractivity contribution is 0.762. The predicted molar refractivity (Wildman–Crippen MR) is 98.9 cm³/mol. The molecule has 0 aliphatic rings. The quantitative estimate of drug-likeness (QED) is 0.715. The van der Waals surface area contributed by atoms with Crippen molar-refractivity contribution in [1.29, 1.82) is 0 Å². The summed E-state index contributed by atoms with van der Waals surface area (Å²) in [5, 5.41) is 7.68. The minimum atomic E-state index is 0.0495. The second-order valence-electron chi connectivity index (χ2n) is 6.27. The lowest BCUT2D eigenvalue weighted by Gasteiger charge is -2.17. The van der Waals surface area contributed by atoms with E-state index < -0.39 is 0 Å². The van der Waals surface area contributed by atoms with Crippen molar-refractivity contribution >= 4 is 23.0 Å². The number of aromatic nitrogens is 4. The average molecular weight is 335 g/mol. The highest BCUT2D eigenvalue weighted by molar-refractivity contribution is 5.80.